The monoisotopic (exact) mass is 479 g/mol. The number of benzene rings is 1. The van der Waals surface area contributed by atoms with Crippen molar-refractivity contribution in [1.29, 1.82) is 0 Å². The van der Waals surface area contributed by atoms with E-state index in [1.54, 1.807) is 29.7 Å². The van der Waals surface area contributed by atoms with E-state index in [1.807, 2.05) is 41.5 Å². The number of imidazole rings is 1. The van der Waals surface area contributed by atoms with Crippen LogP contribution in [0.3, 0.4) is 0 Å². The van der Waals surface area contributed by atoms with Crippen molar-refractivity contribution in [3.05, 3.63) is 59.4 Å². The maximum absolute atomic E-state index is 13.2. The summed E-state index contributed by atoms with van der Waals surface area (Å²) >= 11 is 5.96. The molecule has 9 nitrogen and oxygen atoms in total. The van der Waals surface area contributed by atoms with Crippen LogP contribution in [-0.4, -0.2) is 69.0 Å². The van der Waals surface area contributed by atoms with Crippen molar-refractivity contribution in [2.45, 2.75) is 20.3 Å². The van der Waals surface area contributed by atoms with Gasteiger partial charge in [-0.25, -0.2) is 15.0 Å². The number of halogens is 1. The number of aryl methyl sites for hydroxylation is 1. The Morgan fingerprint density at radius 3 is 2.38 bits per heavy atom. The van der Waals surface area contributed by atoms with E-state index < -0.39 is 0 Å². The second-order valence-corrected chi connectivity index (χ2v) is 9.15. The van der Waals surface area contributed by atoms with Gasteiger partial charge in [-0.15, -0.1) is 0 Å². The van der Waals surface area contributed by atoms with E-state index in [2.05, 4.69) is 19.9 Å². The highest BCUT2D eigenvalue weighted by Gasteiger charge is 2.38. The van der Waals surface area contributed by atoms with Crippen molar-refractivity contribution in [3.8, 4) is 5.82 Å². The summed E-state index contributed by atoms with van der Waals surface area (Å²) < 4.78 is 1.95. The van der Waals surface area contributed by atoms with Gasteiger partial charge in [-0.05, 0) is 38.1 Å². The number of hydrogen-bond acceptors (Lipinski definition) is 6. The quantitative estimate of drug-likeness (QED) is 0.571. The normalized spacial score (nSPS) is 18.6. The lowest BCUT2D eigenvalue weighted by Gasteiger charge is -2.36. The van der Waals surface area contributed by atoms with Crippen LogP contribution in [0.1, 0.15) is 17.8 Å². The summed E-state index contributed by atoms with van der Waals surface area (Å²) in [6, 6.07) is 9.09. The maximum atomic E-state index is 13.2. The van der Waals surface area contributed by atoms with Crippen LogP contribution in [0.15, 0.2) is 43.0 Å². The lowest BCUT2D eigenvalue weighted by molar-refractivity contribution is -0.136. The number of hydrogen-bond donors (Lipinski definition) is 0. The Bertz CT molecular complexity index is 1220. The predicted octanol–water partition coefficient (Wildman–Crippen LogP) is 2.63. The molecule has 2 aliphatic heterocycles. The minimum Gasteiger partial charge on any atom is -0.353 e. The smallest absolute Gasteiger partial charge is 0.228 e. The molecular formula is C24H26ClN7O2. The Kier molecular flexibility index (Phi) is 5.95. The molecule has 4 heterocycles. The molecule has 0 aliphatic carbocycles. The summed E-state index contributed by atoms with van der Waals surface area (Å²) in [4.78, 5) is 44.6. The van der Waals surface area contributed by atoms with Crippen molar-refractivity contribution in [2.24, 2.45) is 5.92 Å². The molecule has 0 radical (unpaired) electrons. The summed E-state index contributed by atoms with van der Waals surface area (Å²) in [6.07, 6.45) is 3.57. The number of piperazine rings is 1. The van der Waals surface area contributed by atoms with Crippen LogP contribution in [-0.2, 0) is 9.59 Å². The van der Waals surface area contributed by atoms with Crippen molar-refractivity contribution >= 4 is 34.9 Å². The van der Waals surface area contributed by atoms with E-state index in [-0.39, 0.29) is 24.2 Å². The molecule has 5 rings (SSSR count). The standard InChI is InChI=1S/C24H26ClN7O2/c1-16-17(2)32(15-28-16)22-12-21(26-14-27-22)29-7-9-30(10-8-29)24(34)18-11-23(33)31(13-18)20-5-3-19(25)4-6-20/h3-6,12,14-15,18H,7-11,13H2,1-2H3. The first-order chi connectivity index (χ1) is 16.4. The van der Waals surface area contributed by atoms with Crippen LogP contribution >= 0.6 is 11.6 Å². The summed E-state index contributed by atoms with van der Waals surface area (Å²) in [5.41, 5.74) is 2.78. The second kappa shape index (κ2) is 9.06. The van der Waals surface area contributed by atoms with Gasteiger partial charge < -0.3 is 14.7 Å². The minimum atomic E-state index is -0.326. The van der Waals surface area contributed by atoms with Gasteiger partial charge in [-0.1, -0.05) is 11.6 Å². The zero-order valence-corrected chi connectivity index (χ0v) is 19.9. The number of carbonyl (C=O) groups is 2. The summed E-state index contributed by atoms with van der Waals surface area (Å²) in [6.45, 7) is 6.91. The van der Waals surface area contributed by atoms with Gasteiger partial charge in [0.2, 0.25) is 11.8 Å². The average molecular weight is 480 g/mol. The second-order valence-electron chi connectivity index (χ2n) is 8.71. The third-order valence-electron chi connectivity index (χ3n) is 6.66. The van der Waals surface area contributed by atoms with Gasteiger partial charge in [0.15, 0.2) is 0 Å². The van der Waals surface area contributed by atoms with Crippen molar-refractivity contribution < 1.29 is 9.59 Å². The Hall–Kier alpha value is -3.46. The predicted molar refractivity (Wildman–Crippen MR) is 129 cm³/mol. The van der Waals surface area contributed by atoms with E-state index in [9.17, 15) is 9.59 Å². The van der Waals surface area contributed by atoms with Crippen LogP contribution in [0.25, 0.3) is 5.82 Å². The number of nitrogens with zero attached hydrogens (tertiary/aromatic N) is 7. The van der Waals surface area contributed by atoms with E-state index in [4.69, 9.17) is 11.6 Å². The first-order valence-electron chi connectivity index (χ1n) is 11.3. The Labute approximate surface area is 203 Å². The van der Waals surface area contributed by atoms with Crippen LogP contribution in [0.5, 0.6) is 0 Å². The Balaban J connectivity index is 1.21. The third kappa shape index (κ3) is 4.23. The zero-order valence-electron chi connectivity index (χ0n) is 19.2. The topological polar surface area (TPSA) is 87.5 Å². The van der Waals surface area contributed by atoms with Crippen molar-refractivity contribution in [2.75, 3.05) is 42.5 Å². The van der Waals surface area contributed by atoms with Crippen LogP contribution in [0.4, 0.5) is 11.5 Å². The average Bonchev–Trinajstić information content (AvgIpc) is 3.41. The molecule has 0 saturated carbocycles. The number of carbonyl (C=O) groups excluding carboxylic acids is 2. The fourth-order valence-electron chi connectivity index (χ4n) is 4.53. The minimum absolute atomic E-state index is 0.0298. The van der Waals surface area contributed by atoms with Gasteiger partial charge in [0.05, 0.1) is 11.6 Å². The van der Waals surface area contributed by atoms with Gasteiger partial charge in [-0.3, -0.25) is 14.2 Å². The first kappa shape index (κ1) is 22.3. The van der Waals surface area contributed by atoms with Crippen molar-refractivity contribution in [3.63, 3.8) is 0 Å². The van der Waals surface area contributed by atoms with Gasteiger partial charge in [-0.2, -0.15) is 0 Å². The molecule has 0 N–H and O–H groups in total. The molecule has 2 saturated heterocycles. The number of rotatable bonds is 4. The molecular weight excluding hydrogens is 454 g/mol. The Morgan fingerprint density at radius 1 is 1.00 bits per heavy atom. The fourth-order valence-corrected chi connectivity index (χ4v) is 4.66. The molecule has 176 valence electrons. The highest BCUT2D eigenvalue weighted by atomic mass is 35.5. The molecule has 3 aromatic rings. The number of amides is 2. The highest BCUT2D eigenvalue weighted by Crippen LogP contribution is 2.28. The molecule has 1 unspecified atom stereocenters. The SMILES string of the molecule is Cc1ncn(-c2cc(N3CCN(C(=O)C4CC(=O)N(c5ccc(Cl)cc5)C4)CC3)ncn2)c1C. The van der Waals surface area contributed by atoms with Gasteiger partial charge in [0, 0.05) is 61.6 Å². The van der Waals surface area contributed by atoms with E-state index in [0.717, 1.165) is 28.7 Å². The molecule has 0 spiro atoms. The highest BCUT2D eigenvalue weighted by molar-refractivity contribution is 6.30. The summed E-state index contributed by atoms with van der Waals surface area (Å²) in [7, 11) is 0. The molecule has 0 bridgehead atoms. The largest absolute Gasteiger partial charge is 0.353 e. The van der Waals surface area contributed by atoms with Crippen LogP contribution in [0.2, 0.25) is 5.02 Å². The van der Waals surface area contributed by atoms with Crippen molar-refractivity contribution in [1.82, 2.24) is 24.4 Å². The van der Waals surface area contributed by atoms with Gasteiger partial charge in [0.1, 0.15) is 24.3 Å². The molecule has 34 heavy (non-hydrogen) atoms. The molecule has 1 aromatic carbocycles. The summed E-state index contributed by atoms with van der Waals surface area (Å²) in [5, 5.41) is 0.618. The van der Waals surface area contributed by atoms with E-state index >= 15 is 0 Å². The summed E-state index contributed by atoms with van der Waals surface area (Å²) in [5.74, 6) is 1.28. The molecule has 2 aromatic heterocycles. The maximum Gasteiger partial charge on any atom is 0.228 e. The first-order valence-corrected chi connectivity index (χ1v) is 11.7. The van der Waals surface area contributed by atoms with E-state index in [0.29, 0.717) is 37.7 Å². The molecule has 2 fully saturated rings. The number of anilines is 2. The van der Waals surface area contributed by atoms with Gasteiger partial charge in [0.25, 0.3) is 0 Å². The van der Waals surface area contributed by atoms with Gasteiger partial charge >= 0.3 is 0 Å². The van der Waals surface area contributed by atoms with Crippen LogP contribution < -0.4 is 9.80 Å². The van der Waals surface area contributed by atoms with Crippen LogP contribution in [0, 0.1) is 19.8 Å². The fraction of sp³-hybridized carbons (Fsp3) is 0.375. The van der Waals surface area contributed by atoms with E-state index in [1.165, 1.54) is 0 Å². The molecule has 1 atom stereocenters. The Morgan fingerprint density at radius 2 is 1.71 bits per heavy atom. The lowest BCUT2D eigenvalue weighted by atomic mass is 10.1. The molecule has 2 amide bonds. The number of aromatic nitrogens is 4. The molecule has 2 aliphatic rings. The zero-order chi connectivity index (χ0) is 23.8. The lowest BCUT2D eigenvalue weighted by Crippen LogP contribution is -2.51. The molecule has 10 heteroatoms. The third-order valence-corrected chi connectivity index (χ3v) is 6.92.